The van der Waals surface area contributed by atoms with Gasteiger partial charge in [0.2, 0.25) is 5.78 Å². The van der Waals surface area contributed by atoms with Gasteiger partial charge >= 0.3 is 0 Å². The first kappa shape index (κ1) is 16.6. The van der Waals surface area contributed by atoms with Gasteiger partial charge in [0.1, 0.15) is 17.2 Å². The van der Waals surface area contributed by atoms with Gasteiger partial charge in [-0.05, 0) is 42.8 Å². The summed E-state index contributed by atoms with van der Waals surface area (Å²) in [6, 6.07) is 9.32. The number of rotatable bonds is 5. The second kappa shape index (κ2) is 6.68. The number of phenols is 2. The molecule has 0 saturated heterocycles. The fourth-order valence-corrected chi connectivity index (χ4v) is 2.57. The Kier molecular flexibility index (Phi) is 4.43. The van der Waals surface area contributed by atoms with E-state index in [2.05, 4.69) is 5.32 Å². The molecule has 3 rings (SSSR count). The lowest BCUT2D eigenvalue weighted by Gasteiger charge is -2.18. The molecule has 0 aliphatic heterocycles. The number of phenolic OH excluding ortho intramolecular Hbond substituents is 2. The van der Waals surface area contributed by atoms with E-state index in [0.717, 1.165) is 12.5 Å². The number of anilines is 1. The molecule has 128 valence electrons. The van der Waals surface area contributed by atoms with Crippen molar-refractivity contribution in [1.29, 1.82) is 0 Å². The minimum Gasteiger partial charge on any atom is -0.507 e. The summed E-state index contributed by atoms with van der Waals surface area (Å²) in [4.78, 5) is 24.8. The van der Waals surface area contributed by atoms with Crippen LogP contribution in [0.1, 0.15) is 34.1 Å². The predicted molar refractivity (Wildman–Crippen MR) is 92.4 cm³/mol. The van der Waals surface area contributed by atoms with E-state index in [9.17, 15) is 19.8 Å². The van der Waals surface area contributed by atoms with Gasteiger partial charge in [-0.15, -0.1) is 0 Å². The molecule has 6 heteroatoms. The van der Waals surface area contributed by atoms with Gasteiger partial charge in [-0.2, -0.15) is 0 Å². The molecule has 0 bridgehead atoms. The van der Waals surface area contributed by atoms with Crippen LogP contribution in [0, 0.1) is 0 Å². The molecule has 0 radical (unpaired) electrons. The fraction of sp³-hybridized carbons (Fsp3) is 0.158. The van der Waals surface area contributed by atoms with Crippen molar-refractivity contribution >= 4 is 17.3 Å². The van der Waals surface area contributed by atoms with Crippen molar-refractivity contribution in [1.82, 2.24) is 0 Å². The summed E-state index contributed by atoms with van der Waals surface area (Å²) in [5.41, 5.74) is 0.247. The molecule has 0 unspecified atom stereocenters. The first-order valence-electron chi connectivity index (χ1n) is 7.86. The van der Waals surface area contributed by atoms with E-state index in [-0.39, 0.29) is 28.3 Å². The number of hydrogen-bond donors (Lipinski definition) is 3. The van der Waals surface area contributed by atoms with E-state index >= 15 is 0 Å². The van der Waals surface area contributed by atoms with Crippen LogP contribution in [0.5, 0.6) is 17.2 Å². The van der Waals surface area contributed by atoms with Gasteiger partial charge in [-0.3, -0.25) is 9.59 Å². The van der Waals surface area contributed by atoms with Crippen LogP contribution in [0.2, 0.25) is 0 Å². The maximum Gasteiger partial charge on any atom is 0.213 e. The van der Waals surface area contributed by atoms with Crippen molar-refractivity contribution in [3.63, 3.8) is 0 Å². The highest BCUT2D eigenvalue weighted by Gasteiger charge is 2.31. The molecule has 6 nitrogen and oxygen atoms in total. The van der Waals surface area contributed by atoms with Gasteiger partial charge in [0.25, 0.3) is 0 Å². The Hall–Kier alpha value is -3.28. The zero-order valence-corrected chi connectivity index (χ0v) is 13.6. The zero-order chi connectivity index (χ0) is 18.0. The molecule has 0 heterocycles. The van der Waals surface area contributed by atoms with Crippen molar-refractivity contribution in [3.8, 4) is 17.2 Å². The number of allylic oxidation sites excluding steroid dienone is 2. The second-order valence-corrected chi connectivity index (χ2v) is 5.60. The topological polar surface area (TPSA) is 95.9 Å². The van der Waals surface area contributed by atoms with Gasteiger partial charge < -0.3 is 20.3 Å². The smallest absolute Gasteiger partial charge is 0.213 e. The van der Waals surface area contributed by atoms with E-state index in [0.29, 0.717) is 18.0 Å². The number of nitrogens with one attached hydrogen (secondary N) is 1. The fourth-order valence-electron chi connectivity index (χ4n) is 2.57. The van der Waals surface area contributed by atoms with Crippen LogP contribution in [-0.2, 0) is 0 Å². The minimum atomic E-state index is -0.561. The van der Waals surface area contributed by atoms with Crippen LogP contribution in [0.25, 0.3) is 0 Å². The van der Waals surface area contributed by atoms with E-state index < -0.39 is 11.6 Å². The predicted octanol–water partition coefficient (Wildman–Crippen LogP) is 3.26. The Morgan fingerprint density at radius 2 is 1.60 bits per heavy atom. The lowest BCUT2D eigenvalue weighted by atomic mass is 9.91. The highest BCUT2D eigenvalue weighted by molar-refractivity contribution is 6.27. The Morgan fingerprint density at radius 1 is 0.960 bits per heavy atom. The summed E-state index contributed by atoms with van der Waals surface area (Å²) >= 11 is 0. The van der Waals surface area contributed by atoms with E-state index in [1.54, 1.807) is 24.3 Å². The number of carbonyl (C=O) groups is 2. The van der Waals surface area contributed by atoms with Crippen molar-refractivity contribution < 1.29 is 24.5 Å². The van der Waals surface area contributed by atoms with E-state index in [1.807, 2.05) is 6.92 Å². The Labute approximate surface area is 144 Å². The van der Waals surface area contributed by atoms with Crippen LogP contribution >= 0.6 is 0 Å². The molecule has 0 aromatic heterocycles. The molecule has 0 spiro atoms. The number of benzene rings is 2. The molecule has 2 aromatic carbocycles. The highest BCUT2D eigenvalue weighted by atomic mass is 16.5. The number of fused-ring (bicyclic) bond motifs is 1. The molecular weight excluding hydrogens is 322 g/mol. The maximum absolute atomic E-state index is 12.6. The number of carbonyl (C=O) groups excluding carboxylic acids is 2. The lowest BCUT2D eigenvalue weighted by Crippen LogP contribution is -2.21. The monoisotopic (exact) mass is 339 g/mol. The van der Waals surface area contributed by atoms with Gasteiger partial charge in [-0.1, -0.05) is 6.92 Å². The number of ether oxygens (including phenoxy) is 1. The van der Waals surface area contributed by atoms with Crippen LogP contribution in [0.3, 0.4) is 0 Å². The number of Topliss-reactive ketones (excluding diaryl/α,β-unsaturated/α-hetero) is 1. The van der Waals surface area contributed by atoms with Gasteiger partial charge in [0.05, 0.1) is 23.4 Å². The Bertz CT molecular complexity index is 868. The normalized spacial score (nSPS) is 13.2. The molecule has 1 aliphatic carbocycles. The molecule has 1 aliphatic rings. The number of aromatic hydroxyl groups is 2. The van der Waals surface area contributed by atoms with Crippen molar-refractivity contribution in [2.75, 3.05) is 11.9 Å². The SMILES string of the molecule is CCCOc1ccc(NC2=CC(=O)c3c(O)ccc(O)c3C2=O)cc1. The molecule has 0 atom stereocenters. The first-order valence-corrected chi connectivity index (χ1v) is 7.86. The molecule has 0 fully saturated rings. The highest BCUT2D eigenvalue weighted by Crippen LogP contribution is 2.34. The molecule has 0 amide bonds. The summed E-state index contributed by atoms with van der Waals surface area (Å²) < 4.78 is 5.49. The average molecular weight is 339 g/mol. The van der Waals surface area contributed by atoms with Crippen molar-refractivity contribution in [3.05, 3.63) is 59.3 Å². The standard InChI is InChI=1S/C19H17NO5/c1-2-9-25-12-5-3-11(4-6-12)20-13-10-16(23)17-14(21)7-8-15(22)18(17)19(13)24/h3-8,10,20-22H,2,9H2,1H3. The van der Waals surface area contributed by atoms with Crippen LogP contribution in [0.15, 0.2) is 48.2 Å². The quantitative estimate of drug-likeness (QED) is 0.724. The van der Waals surface area contributed by atoms with E-state index in [1.165, 1.54) is 12.1 Å². The third-order valence-corrected chi connectivity index (χ3v) is 3.76. The first-order chi connectivity index (χ1) is 12.0. The Morgan fingerprint density at radius 3 is 2.24 bits per heavy atom. The van der Waals surface area contributed by atoms with Crippen LogP contribution < -0.4 is 10.1 Å². The largest absolute Gasteiger partial charge is 0.507 e. The van der Waals surface area contributed by atoms with Crippen molar-refractivity contribution in [2.45, 2.75) is 13.3 Å². The molecule has 25 heavy (non-hydrogen) atoms. The van der Waals surface area contributed by atoms with Gasteiger partial charge in [0, 0.05) is 11.8 Å². The molecule has 0 saturated carbocycles. The molecule has 2 aromatic rings. The average Bonchev–Trinajstić information content (AvgIpc) is 2.60. The summed E-state index contributed by atoms with van der Waals surface area (Å²) in [7, 11) is 0. The van der Waals surface area contributed by atoms with Crippen LogP contribution in [-0.4, -0.2) is 28.4 Å². The van der Waals surface area contributed by atoms with Crippen LogP contribution in [0.4, 0.5) is 5.69 Å². The maximum atomic E-state index is 12.6. The lowest BCUT2D eigenvalue weighted by molar-refractivity contribution is 0.0980. The number of hydrogen-bond acceptors (Lipinski definition) is 6. The second-order valence-electron chi connectivity index (χ2n) is 5.60. The van der Waals surface area contributed by atoms with Gasteiger partial charge in [-0.25, -0.2) is 0 Å². The minimum absolute atomic E-state index is 0.0284. The summed E-state index contributed by atoms with van der Waals surface area (Å²) in [5, 5.41) is 22.6. The zero-order valence-electron chi connectivity index (χ0n) is 13.6. The Balaban J connectivity index is 1.86. The van der Waals surface area contributed by atoms with Gasteiger partial charge in [0.15, 0.2) is 5.78 Å². The summed E-state index contributed by atoms with van der Waals surface area (Å²) in [5.74, 6) is -1.08. The van der Waals surface area contributed by atoms with E-state index in [4.69, 9.17) is 4.74 Å². The third kappa shape index (κ3) is 3.19. The summed E-state index contributed by atoms with van der Waals surface area (Å²) in [6.45, 7) is 2.63. The number of ketones is 2. The third-order valence-electron chi connectivity index (χ3n) is 3.76. The molecule has 3 N–H and O–H groups in total. The summed E-state index contributed by atoms with van der Waals surface area (Å²) in [6.07, 6.45) is 2.02. The van der Waals surface area contributed by atoms with Crippen molar-refractivity contribution in [2.24, 2.45) is 0 Å². The molecular formula is C19H17NO5.